The third-order valence-electron chi connectivity index (χ3n) is 2.87. The first-order valence-corrected chi connectivity index (χ1v) is 7.21. The summed E-state index contributed by atoms with van der Waals surface area (Å²) in [5.74, 6) is 0.580. The van der Waals surface area contributed by atoms with Gasteiger partial charge in [0.1, 0.15) is 11.9 Å². The quantitative estimate of drug-likeness (QED) is 0.594. The summed E-state index contributed by atoms with van der Waals surface area (Å²) in [5, 5.41) is 8.74. The first-order valence-electron chi connectivity index (χ1n) is 5.84. The van der Waals surface area contributed by atoms with E-state index < -0.39 is 0 Å². The van der Waals surface area contributed by atoms with E-state index in [1.54, 1.807) is 6.07 Å². The smallest absolute Gasteiger partial charge is 0.336 e. The molecule has 2 aromatic heterocycles. The van der Waals surface area contributed by atoms with Crippen molar-refractivity contribution in [3.63, 3.8) is 0 Å². The van der Waals surface area contributed by atoms with Gasteiger partial charge < -0.3 is 4.42 Å². The van der Waals surface area contributed by atoms with E-state index in [4.69, 9.17) is 16.0 Å². The van der Waals surface area contributed by atoms with Crippen LogP contribution in [0.15, 0.2) is 38.9 Å². The van der Waals surface area contributed by atoms with Gasteiger partial charge in [-0.1, -0.05) is 23.4 Å². The van der Waals surface area contributed by atoms with Crippen molar-refractivity contribution in [2.24, 2.45) is 0 Å². The first kappa shape index (κ1) is 13.2. The van der Waals surface area contributed by atoms with E-state index in [1.807, 2.05) is 13.0 Å². The third-order valence-corrected chi connectivity index (χ3v) is 4.20. The molecule has 0 saturated heterocycles. The molecule has 0 aliphatic carbocycles. The lowest BCUT2D eigenvalue weighted by molar-refractivity contribution is 0.559. The SMILES string of the molecule is Cc1cc2oc(=O)cc(CSc3ncn[nH]3)c2cc1Cl. The number of nitrogens with zero attached hydrogens (tertiary/aromatic N) is 2. The maximum atomic E-state index is 11.6. The van der Waals surface area contributed by atoms with Gasteiger partial charge in [0.25, 0.3) is 0 Å². The standard InChI is InChI=1S/C13H10ClN3O2S/c1-7-2-11-9(4-10(7)14)8(3-12(18)19-11)5-20-13-15-6-16-17-13/h2-4,6H,5H2,1H3,(H,15,16,17). The Bertz CT molecular complexity index is 814. The highest BCUT2D eigenvalue weighted by Crippen LogP contribution is 2.28. The van der Waals surface area contributed by atoms with E-state index in [0.717, 1.165) is 16.5 Å². The molecular weight excluding hydrogens is 298 g/mol. The van der Waals surface area contributed by atoms with Crippen LogP contribution in [0.25, 0.3) is 11.0 Å². The molecular formula is C13H10ClN3O2S. The van der Waals surface area contributed by atoms with Crippen molar-refractivity contribution in [3.05, 3.63) is 51.1 Å². The number of H-pyrrole nitrogens is 1. The van der Waals surface area contributed by atoms with E-state index in [2.05, 4.69) is 15.2 Å². The Morgan fingerprint density at radius 2 is 2.25 bits per heavy atom. The number of halogens is 1. The van der Waals surface area contributed by atoms with E-state index in [1.165, 1.54) is 24.2 Å². The molecule has 3 aromatic rings. The van der Waals surface area contributed by atoms with Gasteiger partial charge in [0, 0.05) is 22.2 Å². The Morgan fingerprint density at radius 1 is 1.40 bits per heavy atom. The molecule has 0 fully saturated rings. The van der Waals surface area contributed by atoms with Gasteiger partial charge in [-0.05, 0) is 30.2 Å². The fourth-order valence-electron chi connectivity index (χ4n) is 1.88. The van der Waals surface area contributed by atoms with Gasteiger partial charge >= 0.3 is 5.63 Å². The number of rotatable bonds is 3. The van der Waals surface area contributed by atoms with Gasteiger partial charge in [-0.3, -0.25) is 5.10 Å². The minimum atomic E-state index is -0.368. The van der Waals surface area contributed by atoms with Crippen LogP contribution in [0.1, 0.15) is 11.1 Å². The predicted octanol–water partition coefficient (Wildman–Crippen LogP) is 3.17. The van der Waals surface area contributed by atoms with Crippen LogP contribution in [-0.2, 0) is 5.75 Å². The molecule has 0 atom stereocenters. The summed E-state index contributed by atoms with van der Waals surface area (Å²) in [6.45, 7) is 1.87. The molecule has 1 N–H and O–H groups in total. The second-order valence-corrected chi connectivity index (χ2v) is 5.64. The lowest BCUT2D eigenvalue weighted by Crippen LogP contribution is -2.00. The summed E-state index contributed by atoms with van der Waals surface area (Å²) in [4.78, 5) is 15.7. The van der Waals surface area contributed by atoms with Gasteiger partial charge in [0.15, 0.2) is 5.16 Å². The molecule has 0 unspecified atom stereocenters. The second-order valence-electron chi connectivity index (χ2n) is 4.27. The van der Waals surface area contributed by atoms with E-state index in [-0.39, 0.29) is 5.63 Å². The molecule has 0 radical (unpaired) electrons. The molecule has 0 saturated carbocycles. The normalized spacial score (nSPS) is 11.1. The molecule has 102 valence electrons. The Kier molecular flexibility index (Phi) is 3.50. The van der Waals surface area contributed by atoms with Gasteiger partial charge in [-0.15, -0.1) is 0 Å². The van der Waals surface area contributed by atoms with Crippen molar-refractivity contribution >= 4 is 34.3 Å². The number of aryl methyl sites for hydroxylation is 1. The number of fused-ring (bicyclic) bond motifs is 1. The minimum Gasteiger partial charge on any atom is -0.423 e. The highest BCUT2D eigenvalue weighted by molar-refractivity contribution is 7.98. The molecule has 3 rings (SSSR count). The summed E-state index contributed by atoms with van der Waals surface area (Å²) in [6.07, 6.45) is 1.44. The number of hydrogen-bond donors (Lipinski definition) is 1. The fourth-order valence-corrected chi connectivity index (χ4v) is 2.81. The van der Waals surface area contributed by atoms with Crippen molar-refractivity contribution in [1.29, 1.82) is 0 Å². The zero-order valence-electron chi connectivity index (χ0n) is 10.5. The number of benzene rings is 1. The zero-order valence-corrected chi connectivity index (χ0v) is 12.1. The van der Waals surface area contributed by atoms with Crippen molar-refractivity contribution in [2.45, 2.75) is 17.8 Å². The van der Waals surface area contributed by atoms with E-state index in [9.17, 15) is 4.79 Å². The lowest BCUT2D eigenvalue weighted by Gasteiger charge is -2.06. The second kappa shape index (κ2) is 5.30. The topological polar surface area (TPSA) is 71.8 Å². The van der Waals surface area contributed by atoms with Crippen LogP contribution in [0.3, 0.4) is 0 Å². The number of nitrogens with one attached hydrogen (secondary N) is 1. The molecule has 0 aliphatic rings. The first-order chi connectivity index (χ1) is 9.63. The summed E-state index contributed by atoms with van der Waals surface area (Å²) >= 11 is 7.61. The summed E-state index contributed by atoms with van der Waals surface area (Å²) in [7, 11) is 0. The minimum absolute atomic E-state index is 0.368. The predicted molar refractivity (Wildman–Crippen MR) is 78.2 cm³/mol. The van der Waals surface area contributed by atoms with E-state index >= 15 is 0 Å². The van der Waals surface area contributed by atoms with Crippen LogP contribution in [0.2, 0.25) is 5.02 Å². The molecule has 5 nitrogen and oxygen atoms in total. The van der Waals surface area contributed by atoms with Crippen LogP contribution in [0.4, 0.5) is 0 Å². The largest absolute Gasteiger partial charge is 0.423 e. The fraction of sp³-hybridized carbons (Fsp3) is 0.154. The summed E-state index contributed by atoms with van der Waals surface area (Å²) in [6, 6.07) is 5.09. The summed E-state index contributed by atoms with van der Waals surface area (Å²) < 4.78 is 5.22. The summed E-state index contributed by atoms with van der Waals surface area (Å²) in [5.41, 5.74) is 1.92. The van der Waals surface area contributed by atoms with Gasteiger partial charge in [0.2, 0.25) is 0 Å². The van der Waals surface area contributed by atoms with Crippen LogP contribution in [0.5, 0.6) is 0 Å². The van der Waals surface area contributed by atoms with Crippen LogP contribution < -0.4 is 5.63 Å². The molecule has 20 heavy (non-hydrogen) atoms. The zero-order chi connectivity index (χ0) is 14.1. The number of thioether (sulfide) groups is 1. The Hall–Kier alpha value is -1.79. The number of aromatic amines is 1. The molecule has 1 aromatic carbocycles. The molecule has 0 bridgehead atoms. The Morgan fingerprint density at radius 3 is 3.00 bits per heavy atom. The van der Waals surface area contributed by atoms with Crippen molar-refractivity contribution in [3.8, 4) is 0 Å². The van der Waals surface area contributed by atoms with Crippen molar-refractivity contribution < 1.29 is 4.42 Å². The molecule has 0 aliphatic heterocycles. The van der Waals surface area contributed by atoms with Crippen LogP contribution in [-0.4, -0.2) is 15.2 Å². The number of aromatic nitrogens is 3. The van der Waals surface area contributed by atoms with Crippen LogP contribution in [0, 0.1) is 6.92 Å². The Balaban J connectivity index is 2.04. The highest BCUT2D eigenvalue weighted by Gasteiger charge is 2.09. The maximum absolute atomic E-state index is 11.6. The van der Waals surface area contributed by atoms with Gasteiger partial charge in [-0.2, -0.15) is 5.10 Å². The molecule has 7 heteroatoms. The monoisotopic (exact) mass is 307 g/mol. The van der Waals surface area contributed by atoms with Gasteiger partial charge in [0.05, 0.1) is 0 Å². The highest BCUT2D eigenvalue weighted by atomic mass is 35.5. The lowest BCUT2D eigenvalue weighted by atomic mass is 10.1. The average molecular weight is 308 g/mol. The maximum Gasteiger partial charge on any atom is 0.336 e. The van der Waals surface area contributed by atoms with E-state index in [0.29, 0.717) is 21.5 Å². The van der Waals surface area contributed by atoms with Crippen molar-refractivity contribution in [2.75, 3.05) is 0 Å². The molecule has 0 amide bonds. The Labute approximate surface area is 123 Å². The van der Waals surface area contributed by atoms with Crippen LogP contribution >= 0.6 is 23.4 Å². The number of hydrogen-bond acceptors (Lipinski definition) is 5. The molecule has 0 spiro atoms. The molecule has 2 heterocycles. The third kappa shape index (κ3) is 2.57. The average Bonchev–Trinajstić information content (AvgIpc) is 2.91. The van der Waals surface area contributed by atoms with Crippen molar-refractivity contribution in [1.82, 2.24) is 15.2 Å². The van der Waals surface area contributed by atoms with Gasteiger partial charge in [-0.25, -0.2) is 9.78 Å².